The van der Waals surface area contributed by atoms with E-state index in [0.717, 1.165) is 11.1 Å². The Bertz CT molecular complexity index is 821. The molecule has 0 aliphatic heterocycles. The summed E-state index contributed by atoms with van der Waals surface area (Å²) in [4.78, 5) is 14.6. The second kappa shape index (κ2) is 6.92. The number of carbonyl (C=O) groups excluding carboxylic acids is 1. The van der Waals surface area contributed by atoms with Gasteiger partial charge in [-0.15, -0.1) is 0 Å². The number of likely N-dealkylation sites (N-methyl/N-ethyl adjacent to an activating group) is 1. The van der Waals surface area contributed by atoms with Crippen molar-refractivity contribution in [1.29, 1.82) is 0 Å². The maximum atomic E-state index is 12.8. The van der Waals surface area contributed by atoms with Gasteiger partial charge in [-0.1, -0.05) is 48.6 Å². The predicted octanol–water partition coefficient (Wildman–Crippen LogP) is 3.51. The Kier molecular flexibility index (Phi) is 4.52. The van der Waals surface area contributed by atoms with Gasteiger partial charge in [-0.2, -0.15) is 5.10 Å². The van der Waals surface area contributed by atoms with Gasteiger partial charge in [0.05, 0.1) is 11.7 Å². The van der Waals surface area contributed by atoms with E-state index in [2.05, 4.69) is 5.10 Å². The number of rotatable bonds is 5. The van der Waals surface area contributed by atoms with Gasteiger partial charge in [0.1, 0.15) is 5.69 Å². The summed E-state index contributed by atoms with van der Waals surface area (Å²) in [6.45, 7) is 3.20. The Morgan fingerprint density at radius 3 is 2.74 bits per heavy atom. The van der Waals surface area contributed by atoms with E-state index in [1.807, 2.05) is 73.7 Å². The van der Waals surface area contributed by atoms with Gasteiger partial charge < -0.3 is 4.90 Å². The van der Waals surface area contributed by atoms with Crippen LogP contribution in [0.2, 0.25) is 0 Å². The van der Waals surface area contributed by atoms with Crippen LogP contribution in [-0.4, -0.2) is 33.5 Å². The Balaban J connectivity index is 1.77. The van der Waals surface area contributed by atoms with Crippen LogP contribution in [0.4, 0.5) is 0 Å². The Morgan fingerprint density at radius 1 is 1.13 bits per heavy atom. The largest absolute Gasteiger partial charge is 0.334 e. The number of hydrogen-bond acceptors (Lipinski definition) is 2. The van der Waals surface area contributed by atoms with Crippen molar-refractivity contribution in [2.45, 2.75) is 6.92 Å². The van der Waals surface area contributed by atoms with Crippen LogP contribution in [0.5, 0.6) is 0 Å². The predicted molar refractivity (Wildman–Crippen MR) is 92.2 cm³/mol. The molecule has 4 heteroatoms. The highest BCUT2D eigenvalue weighted by atomic mass is 16.2. The van der Waals surface area contributed by atoms with Gasteiger partial charge in [0.15, 0.2) is 0 Å². The molecule has 0 atom stereocenters. The standard InChI is InChI=1S/C19H19N3O/c1-2-21(15-7-10-16-8-4-3-5-9-16)19(23)18-12-6-11-17-13-14-20-22(17)18/h3-14H,2,15H2,1H3/b10-7+. The minimum absolute atomic E-state index is 0.0143. The lowest BCUT2D eigenvalue weighted by atomic mass is 10.2. The first-order valence-electron chi connectivity index (χ1n) is 7.73. The number of fused-ring (bicyclic) bond motifs is 1. The third-order valence-corrected chi connectivity index (χ3v) is 3.74. The molecule has 0 N–H and O–H groups in total. The molecule has 0 radical (unpaired) electrons. The van der Waals surface area contributed by atoms with E-state index in [0.29, 0.717) is 18.8 Å². The van der Waals surface area contributed by atoms with Crippen LogP contribution in [0.1, 0.15) is 23.0 Å². The van der Waals surface area contributed by atoms with Gasteiger partial charge in [-0.3, -0.25) is 4.79 Å². The smallest absolute Gasteiger partial charge is 0.272 e. The van der Waals surface area contributed by atoms with Crippen molar-refractivity contribution >= 4 is 17.5 Å². The SMILES string of the molecule is CCN(C/C=C/c1ccccc1)C(=O)c1cccc2ccnn12. The summed E-state index contributed by atoms with van der Waals surface area (Å²) >= 11 is 0. The average Bonchev–Trinajstić information content (AvgIpc) is 3.08. The van der Waals surface area contributed by atoms with E-state index in [-0.39, 0.29) is 5.91 Å². The van der Waals surface area contributed by atoms with Crippen LogP contribution >= 0.6 is 0 Å². The molecule has 0 unspecified atom stereocenters. The fourth-order valence-electron chi connectivity index (χ4n) is 2.51. The molecule has 0 fully saturated rings. The molecule has 0 spiro atoms. The number of amides is 1. The van der Waals surface area contributed by atoms with E-state index >= 15 is 0 Å². The third kappa shape index (κ3) is 3.31. The summed E-state index contributed by atoms with van der Waals surface area (Å²) in [7, 11) is 0. The van der Waals surface area contributed by atoms with Gasteiger partial charge in [-0.05, 0) is 30.7 Å². The van der Waals surface area contributed by atoms with E-state index in [1.54, 1.807) is 15.6 Å². The number of hydrogen-bond donors (Lipinski definition) is 0. The van der Waals surface area contributed by atoms with Crippen molar-refractivity contribution in [3.05, 3.63) is 78.1 Å². The summed E-state index contributed by atoms with van der Waals surface area (Å²) in [6, 6.07) is 17.6. The summed E-state index contributed by atoms with van der Waals surface area (Å²) < 4.78 is 1.69. The molecule has 0 saturated heterocycles. The van der Waals surface area contributed by atoms with Gasteiger partial charge in [0.25, 0.3) is 5.91 Å². The fraction of sp³-hybridized carbons (Fsp3) is 0.158. The zero-order chi connectivity index (χ0) is 16.1. The zero-order valence-corrected chi connectivity index (χ0v) is 13.1. The second-order valence-corrected chi connectivity index (χ2v) is 5.24. The van der Waals surface area contributed by atoms with Crippen molar-refractivity contribution in [3.63, 3.8) is 0 Å². The number of aromatic nitrogens is 2. The molecule has 1 amide bonds. The highest BCUT2D eigenvalue weighted by Gasteiger charge is 2.16. The van der Waals surface area contributed by atoms with E-state index in [4.69, 9.17) is 0 Å². The summed E-state index contributed by atoms with van der Waals surface area (Å²) in [6.07, 6.45) is 5.75. The maximum absolute atomic E-state index is 12.8. The first-order valence-corrected chi connectivity index (χ1v) is 7.73. The third-order valence-electron chi connectivity index (χ3n) is 3.74. The normalized spacial score (nSPS) is 11.2. The lowest BCUT2D eigenvalue weighted by Gasteiger charge is -2.19. The number of carbonyl (C=O) groups is 1. The molecule has 1 aromatic carbocycles. The molecule has 0 bridgehead atoms. The maximum Gasteiger partial charge on any atom is 0.272 e. The molecule has 2 heterocycles. The second-order valence-electron chi connectivity index (χ2n) is 5.24. The number of benzene rings is 1. The first-order chi connectivity index (χ1) is 11.3. The monoisotopic (exact) mass is 305 g/mol. The molecule has 2 aromatic heterocycles. The van der Waals surface area contributed by atoms with E-state index in [9.17, 15) is 4.79 Å². The fourth-order valence-corrected chi connectivity index (χ4v) is 2.51. The molecular weight excluding hydrogens is 286 g/mol. The topological polar surface area (TPSA) is 37.6 Å². The Hall–Kier alpha value is -2.88. The highest BCUT2D eigenvalue weighted by molar-refractivity contribution is 5.93. The molecule has 0 saturated carbocycles. The van der Waals surface area contributed by atoms with Crippen LogP contribution < -0.4 is 0 Å². The van der Waals surface area contributed by atoms with Crippen molar-refractivity contribution in [2.75, 3.05) is 13.1 Å². The van der Waals surface area contributed by atoms with Crippen LogP contribution in [0.15, 0.2) is 66.9 Å². The quantitative estimate of drug-likeness (QED) is 0.723. The molecular formula is C19H19N3O. The molecule has 4 nitrogen and oxygen atoms in total. The van der Waals surface area contributed by atoms with E-state index in [1.165, 1.54) is 0 Å². The zero-order valence-electron chi connectivity index (χ0n) is 13.1. The minimum Gasteiger partial charge on any atom is -0.334 e. The summed E-state index contributed by atoms with van der Waals surface area (Å²) in [5.41, 5.74) is 2.64. The van der Waals surface area contributed by atoms with Crippen molar-refractivity contribution in [3.8, 4) is 0 Å². The lowest BCUT2D eigenvalue weighted by molar-refractivity contribution is 0.0773. The number of pyridine rings is 1. The van der Waals surface area contributed by atoms with Crippen LogP contribution in [0, 0.1) is 0 Å². The van der Waals surface area contributed by atoms with Crippen molar-refractivity contribution < 1.29 is 4.79 Å². The van der Waals surface area contributed by atoms with Crippen LogP contribution in [0.3, 0.4) is 0 Å². The van der Waals surface area contributed by atoms with Gasteiger partial charge in [0, 0.05) is 13.1 Å². The molecule has 3 aromatic rings. The van der Waals surface area contributed by atoms with Crippen molar-refractivity contribution in [2.24, 2.45) is 0 Å². The first kappa shape index (κ1) is 15.0. The van der Waals surface area contributed by atoms with Crippen LogP contribution in [0.25, 0.3) is 11.6 Å². The van der Waals surface area contributed by atoms with Gasteiger partial charge in [0.2, 0.25) is 0 Å². The molecule has 116 valence electrons. The molecule has 0 aliphatic carbocycles. The van der Waals surface area contributed by atoms with Crippen molar-refractivity contribution in [1.82, 2.24) is 14.5 Å². The van der Waals surface area contributed by atoms with E-state index < -0.39 is 0 Å². The summed E-state index contributed by atoms with van der Waals surface area (Å²) in [5, 5.41) is 4.24. The summed E-state index contributed by atoms with van der Waals surface area (Å²) in [5.74, 6) is -0.0143. The molecule has 0 aliphatic rings. The highest BCUT2D eigenvalue weighted by Crippen LogP contribution is 2.10. The Morgan fingerprint density at radius 2 is 1.96 bits per heavy atom. The van der Waals surface area contributed by atoms with Gasteiger partial charge >= 0.3 is 0 Å². The number of nitrogens with zero attached hydrogens (tertiary/aromatic N) is 3. The van der Waals surface area contributed by atoms with Gasteiger partial charge in [-0.25, -0.2) is 4.52 Å². The average molecular weight is 305 g/mol. The molecule has 3 rings (SSSR count). The minimum atomic E-state index is -0.0143. The Labute approximate surface area is 135 Å². The molecule has 23 heavy (non-hydrogen) atoms. The van der Waals surface area contributed by atoms with Crippen LogP contribution in [-0.2, 0) is 0 Å². The lowest BCUT2D eigenvalue weighted by Crippen LogP contribution is -2.32.